The van der Waals surface area contributed by atoms with Crippen molar-refractivity contribution in [2.24, 2.45) is 5.84 Å². The average molecular weight is 416 g/mol. The molecule has 6 heteroatoms. The van der Waals surface area contributed by atoms with Crippen LogP contribution in [0, 0.1) is 0 Å². The van der Waals surface area contributed by atoms with Crippen LogP contribution >= 0.6 is 31.9 Å². The Balaban J connectivity index is 2.52. The molecule has 2 aromatic rings. The number of benzene rings is 2. The molecule has 21 heavy (non-hydrogen) atoms. The Morgan fingerprint density at radius 1 is 1.00 bits per heavy atom. The molecule has 0 aromatic heterocycles. The third kappa shape index (κ3) is 3.77. The number of nitrogens with one attached hydrogen (secondary N) is 1. The van der Waals surface area contributed by atoms with Gasteiger partial charge in [-0.05, 0) is 41.5 Å². The van der Waals surface area contributed by atoms with Crippen molar-refractivity contribution >= 4 is 31.9 Å². The van der Waals surface area contributed by atoms with Crippen LogP contribution in [0.2, 0.25) is 0 Å². The lowest BCUT2D eigenvalue weighted by Crippen LogP contribution is -2.29. The summed E-state index contributed by atoms with van der Waals surface area (Å²) in [6.45, 7) is 0. The van der Waals surface area contributed by atoms with Gasteiger partial charge in [0.05, 0.1) is 20.3 Å². The predicted molar refractivity (Wildman–Crippen MR) is 90.6 cm³/mol. The van der Waals surface area contributed by atoms with Crippen molar-refractivity contribution in [1.29, 1.82) is 0 Å². The number of rotatable bonds is 5. The lowest BCUT2D eigenvalue weighted by molar-refractivity contribution is 0.392. The zero-order valence-corrected chi connectivity index (χ0v) is 14.9. The topological polar surface area (TPSA) is 56.5 Å². The number of hydrogen-bond acceptors (Lipinski definition) is 4. The van der Waals surface area contributed by atoms with Gasteiger partial charge in [-0.3, -0.25) is 5.84 Å². The summed E-state index contributed by atoms with van der Waals surface area (Å²) in [5.41, 5.74) is 4.81. The third-order valence-corrected chi connectivity index (χ3v) is 4.36. The van der Waals surface area contributed by atoms with Crippen LogP contribution in [-0.2, 0) is 0 Å². The van der Waals surface area contributed by atoms with Crippen LogP contribution in [-0.4, -0.2) is 14.2 Å². The van der Waals surface area contributed by atoms with Gasteiger partial charge in [0, 0.05) is 15.0 Å². The van der Waals surface area contributed by atoms with E-state index >= 15 is 0 Å². The van der Waals surface area contributed by atoms with E-state index in [4.69, 9.17) is 15.3 Å². The molecular weight excluding hydrogens is 400 g/mol. The molecule has 1 unspecified atom stereocenters. The summed E-state index contributed by atoms with van der Waals surface area (Å²) in [7, 11) is 3.25. The van der Waals surface area contributed by atoms with Gasteiger partial charge in [0.15, 0.2) is 0 Å². The van der Waals surface area contributed by atoms with E-state index in [2.05, 4.69) is 37.3 Å². The highest BCUT2D eigenvalue weighted by atomic mass is 79.9. The fraction of sp³-hybridized carbons (Fsp3) is 0.200. The van der Waals surface area contributed by atoms with Crippen LogP contribution < -0.4 is 20.7 Å². The van der Waals surface area contributed by atoms with E-state index in [9.17, 15) is 0 Å². The summed E-state index contributed by atoms with van der Waals surface area (Å²) in [5, 5.41) is 0. The van der Waals surface area contributed by atoms with E-state index in [-0.39, 0.29) is 6.04 Å². The van der Waals surface area contributed by atoms with Crippen LogP contribution in [0.25, 0.3) is 0 Å². The minimum atomic E-state index is -0.194. The molecule has 2 rings (SSSR count). The van der Waals surface area contributed by atoms with Gasteiger partial charge in [-0.25, -0.2) is 5.43 Å². The maximum Gasteiger partial charge on any atom is 0.122 e. The third-order valence-electron chi connectivity index (χ3n) is 3.14. The first-order chi connectivity index (χ1) is 10.1. The van der Waals surface area contributed by atoms with Crippen molar-refractivity contribution in [3.8, 4) is 11.5 Å². The molecule has 112 valence electrons. The highest BCUT2D eigenvalue weighted by Gasteiger charge is 2.17. The molecule has 2 aromatic carbocycles. The standard InChI is InChI=1S/C15H16Br2N2O2/c1-20-11-5-9(6-12(8-11)21-2)15(19-18)13-7-10(16)3-4-14(13)17/h3-8,15,19H,18H2,1-2H3. The van der Waals surface area contributed by atoms with Gasteiger partial charge >= 0.3 is 0 Å². The Morgan fingerprint density at radius 3 is 2.14 bits per heavy atom. The fourth-order valence-corrected chi connectivity index (χ4v) is 2.95. The van der Waals surface area contributed by atoms with Crippen LogP contribution in [0.3, 0.4) is 0 Å². The van der Waals surface area contributed by atoms with Crippen molar-refractivity contribution in [3.63, 3.8) is 0 Å². The maximum atomic E-state index is 5.77. The Morgan fingerprint density at radius 2 is 1.62 bits per heavy atom. The molecule has 0 saturated carbocycles. The normalized spacial score (nSPS) is 12.0. The number of methoxy groups -OCH3 is 2. The molecule has 4 nitrogen and oxygen atoms in total. The largest absolute Gasteiger partial charge is 0.497 e. The van der Waals surface area contributed by atoms with E-state index in [1.54, 1.807) is 14.2 Å². The molecule has 0 bridgehead atoms. The van der Waals surface area contributed by atoms with E-state index in [0.29, 0.717) is 0 Å². The molecule has 0 radical (unpaired) electrons. The van der Waals surface area contributed by atoms with Crippen molar-refractivity contribution in [2.75, 3.05) is 14.2 Å². The summed E-state index contributed by atoms with van der Waals surface area (Å²) in [6, 6.07) is 11.4. The number of nitrogens with two attached hydrogens (primary N) is 1. The van der Waals surface area contributed by atoms with Gasteiger partial charge in [-0.1, -0.05) is 31.9 Å². The zero-order valence-electron chi connectivity index (χ0n) is 11.7. The van der Waals surface area contributed by atoms with E-state index in [1.165, 1.54) is 0 Å². The first-order valence-corrected chi connectivity index (χ1v) is 7.81. The van der Waals surface area contributed by atoms with E-state index in [1.807, 2.05) is 36.4 Å². The predicted octanol–water partition coefficient (Wildman–Crippen LogP) is 3.78. The summed E-state index contributed by atoms with van der Waals surface area (Å²) < 4.78 is 12.6. The Labute approximate surface area is 140 Å². The molecule has 0 aliphatic heterocycles. The SMILES string of the molecule is COc1cc(OC)cc(C(NN)c2cc(Br)ccc2Br)c1. The summed E-state index contributed by atoms with van der Waals surface area (Å²) >= 11 is 7.05. The molecule has 3 N–H and O–H groups in total. The average Bonchev–Trinajstić information content (AvgIpc) is 2.51. The Bertz CT molecular complexity index is 613. The van der Waals surface area contributed by atoms with Gasteiger partial charge in [0.25, 0.3) is 0 Å². The molecule has 0 saturated heterocycles. The van der Waals surface area contributed by atoms with Crippen molar-refractivity contribution in [2.45, 2.75) is 6.04 Å². The van der Waals surface area contributed by atoms with Gasteiger partial charge in [-0.15, -0.1) is 0 Å². The van der Waals surface area contributed by atoms with E-state index < -0.39 is 0 Å². The second-order valence-electron chi connectivity index (χ2n) is 4.41. The quantitative estimate of drug-likeness (QED) is 0.576. The van der Waals surface area contributed by atoms with Crippen LogP contribution in [0.4, 0.5) is 0 Å². The number of hydrogen-bond donors (Lipinski definition) is 2. The molecule has 1 atom stereocenters. The number of halogens is 2. The number of ether oxygens (including phenoxy) is 2. The smallest absolute Gasteiger partial charge is 0.122 e. The molecule has 0 aliphatic carbocycles. The second kappa shape index (κ2) is 7.26. The van der Waals surface area contributed by atoms with Crippen molar-refractivity contribution in [1.82, 2.24) is 5.43 Å². The highest BCUT2D eigenvalue weighted by Crippen LogP contribution is 2.34. The molecular formula is C15H16Br2N2O2. The first kappa shape index (κ1) is 16.3. The second-order valence-corrected chi connectivity index (χ2v) is 6.18. The molecule has 0 amide bonds. The van der Waals surface area contributed by atoms with Gasteiger partial charge in [-0.2, -0.15) is 0 Å². The summed E-state index contributed by atoms with van der Waals surface area (Å²) in [4.78, 5) is 0. The number of hydrazine groups is 1. The molecule has 0 fully saturated rings. The minimum absolute atomic E-state index is 0.194. The summed E-state index contributed by atoms with van der Waals surface area (Å²) in [6.07, 6.45) is 0. The maximum absolute atomic E-state index is 5.77. The lowest BCUT2D eigenvalue weighted by atomic mass is 9.99. The lowest BCUT2D eigenvalue weighted by Gasteiger charge is -2.20. The van der Waals surface area contributed by atoms with Crippen LogP contribution in [0.1, 0.15) is 17.2 Å². The Kier molecular flexibility index (Phi) is 5.64. The highest BCUT2D eigenvalue weighted by molar-refractivity contribution is 9.11. The van der Waals surface area contributed by atoms with Crippen molar-refractivity contribution in [3.05, 3.63) is 56.5 Å². The zero-order chi connectivity index (χ0) is 15.4. The van der Waals surface area contributed by atoms with E-state index in [0.717, 1.165) is 31.6 Å². The Hall–Kier alpha value is -1.08. The monoisotopic (exact) mass is 414 g/mol. The van der Waals surface area contributed by atoms with Gasteiger partial charge in [0.1, 0.15) is 11.5 Å². The summed E-state index contributed by atoms with van der Waals surface area (Å²) in [5.74, 6) is 7.21. The fourth-order valence-electron chi connectivity index (χ4n) is 2.10. The molecule has 0 aliphatic rings. The molecule has 0 heterocycles. The first-order valence-electron chi connectivity index (χ1n) is 6.23. The van der Waals surface area contributed by atoms with Crippen LogP contribution in [0.5, 0.6) is 11.5 Å². The minimum Gasteiger partial charge on any atom is -0.497 e. The van der Waals surface area contributed by atoms with Crippen molar-refractivity contribution < 1.29 is 9.47 Å². The molecule has 0 spiro atoms. The van der Waals surface area contributed by atoms with Gasteiger partial charge < -0.3 is 9.47 Å². The van der Waals surface area contributed by atoms with Gasteiger partial charge in [0.2, 0.25) is 0 Å². The van der Waals surface area contributed by atoms with Crippen LogP contribution in [0.15, 0.2) is 45.3 Å².